The fourth-order valence-electron chi connectivity index (χ4n) is 3.52. The molecule has 3 heteroatoms. The van der Waals surface area contributed by atoms with E-state index in [1.54, 1.807) is 6.26 Å². The highest BCUT2D eigenvalue weighted by molar-refractivity contribution is 5.10. The minimum absolute atomic E-state index is 0.155. The van der Waals surface area contributed by atoms with Crippen LogP contribution in [0.4, 0.5) is 0 Å². The number of nitrogens with two attached hydrogens (primary N) is 1. The lowest BCUT2D eigenvalue weighted by Crippen LogP contribution is -2.40. The summed E-state index contributed by atoms with van der Waals surface area (Å²) in [4.78, 5) is 0. The number of hydrogen-bond acceptors (Lipinski definition) is 3. The van der Waals surface area contributed by atoms with Crippen LogP contribution in [0.25, 0.3) is 0 Å². The van der Waals surface area contributed by atoms with E-state index in [0.717, 1.165) is 5.76 Å². The van der Waals surface area contributed by atoms with Gasteiger partial charge in [-0.15, -0.1) is 0 Å². The number of hydrogen-bond donors (Lipinski definition) is 2. The highest BCUT2D eigenvalue weighted by Gasteiger charge is 2.43. The Morgan fingerprint density at radius 2 is 2.12 bits per heavy atom. The highest BCUT2D eigenvalue weighted by Crippen LogP contribution is 2.51. The molecule has 0 bridgehead atoms. The van der Waals surface area contributed by atoms with Crippen LogP contribution in [-0.2, 0) is 0 Å². The summed E-state index contributed by atoms with van der Waals surface area (Å²) < 4.78 is 5.56. The van der Waals surface area contributed by atoms with Gasteiger partial charge in [0.25, 0.3) is 0 Å². The van der Waals surface area contributed by atoms with Gasteiger partial charge in [-0.25, -0.2) is 5.43 Å². The zero-order valence-corrected chi connectivity index (χ0v) is 10.9. The molecule has 0 spiro atoms. The van der Waals surface area contributed by atoms with Crippen LogP contribution in [0.1, 0.15) is 57.8 Å². The van der Waals surface area contributed by atoms with E-state index in [9.17, 15) is 0 Å². The third kappa shape index (κ3) is 2.55. The van der Waals surface area contributed by atoms with Gasteiger partial charge in [0.2, 0.25) is 0 Å². The Balaban J connectivity index is 2.24. The van der Waals surface area contributed by atoms with E-state index in [4.69, 9.17) is 10.3 Å². The van der Waals surface area contributed by atoms with Crippen molar-refractivity contribution in [2.24, 2.45) is 17.2 Å². The summed E-state index contributed by atoms with van der Waals surface area (Å²) in [6.07, 6.45) is 8.07. The molecule has 2 rings (SSSR count). The number of rotatable bonds is 5. The van der Waals surface area contributed by atoms with Crippen LogP contribution in [0, 0.1) is 11.3 Å². The minimum atomic E-state index is 0.155. The third-order valence-corrected chi connectivity index (χ3v) is 4.02. The topological polar surface area (TPSA) is 51.2 Å². The molecule has 17 heavy (non-hydrogen) atoms. The van der Waals surface area contributed by atoms with Gasteiger partial charge in [0, 0.05) is 0 Å². The molecule has 0 aliphatic heterocycles. The van der Waals surface area contributed by atoms with Crippen LogP contribution in [0.15, 0.2) is 22.8 Å². The Morgan fingerprint density at radius 1 is 1.41 bits per heavy atom. The summed E-state index contributed by atoms with van der Waals surface area (Å²) >= 11 is 0. The van der Waals surface area contributed by atoms with E-state index >= 15 is 0 Å². The second-order valence-corrected chi connectivity index (χ2v) is 5.78. The smallest absolute Gasteiger partial charge is 0.122 e. The van der Waals surface area contributed by atoms with Gasteiger partial charge in [-0.3, -0.25) is 5.84 Å². The molecule has 1 saturated carbocycles. The molecule has 96 valence electrons. The van der Waals surface area contributed by atoms with E-state index < -0.39 is 0 Å². The van der Waals surface area contributed by atoms with Crippen LogP contribution in [0.2, 0.25) is 0 Å². The number of furan rings is 1. The molecular weight excluding hydrogens is 212 g/mol. The molecule has 0 aromatic carbocycles. The van der Waals surface area contributed by atoms with Crippen molar-refractivity contribution >= 4 is 0 Å². The molecule has 1 aliphatic carbocycles. The zero-order valence-electron chi connectivity index (χ0n) is 10.9. The molecule has 1 fully saturated rings. The average molecular weight is 236 g/mol. The van der Waals surface area contributed by atoms with Gasteiger partial charge in [-0.05, 0) is 42.7 Å². The first kappa shape index (κ1) is 12.7. The van der Waals surface area contributed by atoms with Crippen LogP contribution in [0.3, 0.4) is 0 Å². The van der Waals surface area contributed by atoms with Crippen molar-refractivity contribution in [3.63, 3.8) is 0 Å². The fraction of sp³-hybridized carbons (Fsp3) is 0.714. The maximum absolute atomic E-state index is 5.79. The van der Waals surface area contributed by atoms with Gasteiger partial charge in [-0.1, -0.05) is 26.7 Å². The predicted molar refractivity (Wildman–Crippen MR) is 69.1 cm³/mol. The SMILES string of the molecule is CC(C)CC1(C(NN)c2ccco2)CCCC1. The quantitative estimate of drug-likeness (QED) is 0.608. The maximum atomic E-state index is 5.79. The van der Waals surface area contributed by atoms with Crippen LogP contribution in [0.5, 0.6) is 0 Å². The molecule has 1 aliphatic rings. The largest absolute Gasteiger partial charge is 0.468 e. The van der Waals surface area contributed by atoms with Gasteiger partial charge in [0.15, 0.2) is 0 Å². The Bertz CT molecular complexity index is 326. The van der Waals surface area contributed by atoms with E-state index in [2.05, 4.69) is 19.3 Å². The summed E-state index contributed by atoms with van der Waals surface area (Å²) in [5, 5.41) is 0. The lowest BCUT2D eigenvalue weighted by atomic mass is 9.72. The summed E-state index contributed by atoms with van der Waals surface area (Å²) in [5.41, 5.74) is 3.28. The molecule has 3 N–H and O–H groups in total. The van der Waals surface area contributed by atoms with Crippen molar-refractivity contribution in [1.82, 2.24) is 5.43 Å². The van der Waals surface area contributed by atoms with Crippen LogP contribution in [-0.4, -0.2) is 0 Å². The summed E-state index contributed by atoms with van der Waals surface area (Å²) in [6.45, 7) is 4.57. The standard InChI is InChI=1S/C14H24N2O/c1-11(2)10-14(7-3-4-8-14)13(16-15)12-6-5-9-17-12/h5-6,9,11,13,16H,3-4,7-8,10,15H2,1-2H3. The van der Waals surface area contributed by atoms with E-state index in [-0.39, 0.29) is 11.5 Å². The summed E-state index contributed by atoms with van der Waals surface area (Å²) in [5.74, 6) is 7.47. The van der Waals surface area contributed by atoms with E-state index in [0.29, 0.717) is 5.92 Å². The average Bonchev–Trinajstić information content (AvgIpc) is 2.90. The number of hydrazine groups is 1. The monoisotopic (exact) mass is 236 g/mol. The Hall–Kier alpha value is -0.800. The van der Waals surface area contributed by atoms with E-state index in [1.807, 2.05) is 12.1 Å². The lowest BCUT2D eigenvalue weighted by molar-refractivity contribution is 0.138. The second kappa shape index (κ2) is 5.23. The van der Waals surface area contributed by atoms with Crippen LogP contribution >= 0.6 is 0 Å². The van der Waals surface area contributed by atoms with Gasteiger partial charge < -0.3 is 4.42 Å². The van der Waals surface area contributed by atoms with Gasteiger partial charge in [0.1, 0.15) is 5.76 Å². The minimum Gasteiger partial charge on any atom is -0.468 e. The maximum Gasteiger partial charge on any atom is 0.122 e. The molecule has 3 nitrogen and oxygen atoms in total. The molecule has 0 amide bonds. The van der Waals surface area contributed by atoms with Crippen molar-refractivity contribution in [3.8, 4) is 0 Å². The zero-order chi connectivity index (χ0) is 12.3. The molecule has 0 radical (unpaired) electrons. The second-order valence-electron chi connectivity index (χ2n) is 5.78. The summed E-state index contributed by atoms with van der Waals surface area (Å²) in [6, 6.07) is 4.13. The Morgan fingerprint density at radius 3 is 2.59 bits per heavy atom. The molecule has 0 saturated heterocycles. The van der Waals surface area contributed by atoms with Crippen molar-refractivity contribution in [2.45, 2.75) is 52.0 Å². The normalized spacial score (nSPS) is 20.9. The van der Waals surface area contributed by atoms with E-state index in [1.165, 1.54) is 32.1 Å². The first-order valence-electron chi connectivity index (χ1n) is 6.67. The Labute approximate surface area is 104 Å². The molecule has 1 aromatic heterocycles. The van der Waals surface area contributed by atoms with Gasteiger partial charge in [0.05, 0.1) is 12.3 Å². The first-order chi connectivity index (χ1) is 8.18. The fourth-order valence-corrected chi connectivity index (χ4v) is 3.52. The third-order valence-electron chi connectivity index (χ3n) is 4.02. The van der Waals surface area contributed by atoms with Crippen molar-refractivity contribution in [2.75, 3.05) is 0 Å². The molecule has 1 aromatic rings. The Kier molecular flexibility index (Phi) is 3.89. The van der Waals surface area contributed by atoms with Crippen LogP contribution < -0.4 is 11.3 Å². The molecular formula is C14H24N2O. The van der Waals surface area contributed by atoms with Crippen molar-refractivity contribution < 1.29 is 4.42 Å². The number of nitrogens with one attached hydrogen (secondary N) is 1. The highest BCUT2D eigenvalue weighted by atomic mass is 16.3. The van der Waals surface area contributed by atoms with Crippen molar-refractivity contribution in [1.29, 1.82) is 0 Å². The van der Waals surface area contributed by atoms with Gasteiger partial charge >= 0.3 is 0 Å². The first-order valence-corrected chi connectivity index (χ1v) is 6.67. The molecule has 1 atom stereocenters. The van der Waals surface area contributed by atoms with Crippen molar-refractivity contribution in [3.05, 3.63) is 24.2 Å². The lowest BCUT2D eigenvalue weighted by Gasteiger charge is -2.37. The summed E-state index contributed by atoms with van der Waals surface area (Å²) in [7, 11) is 0. The van der Waals surface area contributed by atoms with Gasteiger partial charge in [-0.2, -0.15) is 0 Å². The predicted octanol–water partition coefficient (Wildman–Crippen LogP) is 3.39. The molecule has 1 unspecified atom stereocenters. The molecule has 1 heterocycles.